The smallest absolute Gasteiger partial charge is 0.242 e. The molecule has 134 valence electrons. The number of morpholine rings is 1. The van der Waals surface area contributed by atoms with Gasteiger partial charge in [0.1, 0.15) is 6.04 Å². The lowest BCUT2D eigenvalue weighted by Gasteiger charge is -2.36. The van der Waals surface area contributed by atoms with Gasteiger partial charge in [-0.15, -0.1) is 0 Å². The largest absolute Gasteiger partial charge is 0.378 e. The van der Waals surface area contributed by atoms with Crippen molar-refractivity contribution < 1.29 is 22.7 Å². The van der Waals surface area contributed by atoms with Crippen molar-refractivity contribution >= 4 is 15.9 Å². The number of ether oxygens (including phenoxy) is 2. The molecule has 0 aromatic rings. The summed E-state index contributed by atoms with van der Waals surface area (Å²) in [5.74, 6) is -0.0261. The average molecular weight is 349 g/mol. The van der Waals surface area contributed by atoms with Crippen LogP contribution in [0, 0.1) is 0 Å². The molecule has 9 heteroatoms. The van der Waals surface area contributed by atoms with E-state index in [0.717, 1.165) is 0 Å². The molecule has 2 saturated heterocycles. The maximum absolute atomic E-state index is 12.4. The maximum atomic E-state index is 12.4. The minimum atomic E-state index is -3.32. The molecule has 0 bridgehead atoms. The van der Waals surface area contributed by atoms with Gasteiger partial charge >= 0.3 is 0 Å². The third kappa shape index (κ3) is 5.39. The van der Waals surface area contributed by atoms with Crippen molar-refractivity contribution in [3.05, 3.63) is 0 Å². The van der Waals surface area contributed by atoms with E-state index in [0.29, 0.717) is 45.9 Å². The highest BCUT2D eigenvalue weighted by Crippen LogP contribution is 2.10. The molecule has 0 aromatic heterocycles. The molecule has 23 heavy (non-hydrogen) atoms. The molecule has 1 N–H and O–H groups in total. The summed E-state index contributed by atoms with van der Waals surface area (Å²) in [5.41, 5.74) is 0. The van der Waals surface area contributed by atoms with Gasteiger partial charge in [0, 0.05) is 32.7 Å². The van der Waals surface area contributed by atoms with Crippen LogP contribution in [0.3, 0.4) is 0 Å². The van der Waals surface area contributed by atoms with Crippen LogP contribution in [-0.2, 0) is 24.3 Å². The maximum Gasteiger partial charge on any atom is 0.242 e. The molecule has 2 rings (SSSR count). The zero-order valence-corrected chi connectivity index (χ0v) is 14.7. The highest BCUT2D eigenvalue weighted by atomic mass is 32.2. The number of hydrogen-bond acceptors (Lipinski definition) is 6. The van der Waals surface area contributed by atoms with Gasteiger partial charge in [-0.1, -0.05) is 0 Å². The van der Waals surface area contributed by atoms with Crippen LogP contribution in [0.2, 0.25) is 0 Å². The second kappa shape index (κ2) is 8.39. The molecule has 0 aliphatic carbocycles. The minimum Gasteiger partial charge on any atom is -0.378 e. The molecule has 0 spiro atoms. The summed E-state index contributed by atoms with van der Waals surface area (Å²) in [7, 11) is -3.32. The van der Waals surface area contributed by atoms with Gasteiger partial charge in [-0.2, -0.15) is 4.31 Å². The van der Waals surface area contributed by atoms with Crippen molar-refractivity contribution in [2.24, 2.45) is 0 Å². The first-order valence-electron chi connectivity index (χ1n) is 8.09. The SMILES string of the molecule is CC(C)OCCS(=O)(=O)N1CCN(C(=O)C2COCCN2)CC1. The molecular weight excluding hydrogens is 322 g/mol. The van der Waals surface area contributed by atoms with Gasteiger partial charge in [0.2, 0.25) is 15.9 Å². The number of hydrogen-bond donors (Lipinski definition) is 1. The fourth-order valence-electron chi connectivity index (χ4n) is 2.65. The van der Waals surface area contributed by atoms with Gasteiger partial charge in [-0.3, -0.25) is 4.79 Å². The summed E-state index contributed by atoms with van der Waals surface area (Å²) in [6, 6.07) is -0.314. The first-order valence-corrected chi connectivity index (χ1v) is 9.70. The topological polar surface area (TPSA) is 88.2 Å². The highest BCUT2D eigenvalue weighted by molar-refractivity contribution is 7.89. The lowest BCUT2D eigenvalue weighted by atomic mass is 10.2. The van der Waals surface area contributed by atoms with Crippen molar-refractivity contribution in [3.63, 3.8) is 0 Å². The number of nitrogens with zero attached hydrogens (tertiary/aromatic N) is 2. The van der Waals surface area contributed by atoms with E-state index in [4.69, 9.17) is 9.47 Å². The van der Waals surface area contributed by atoms with Crippen molar-refractivity contribution in [2.75, 3.05) is 58.3 Å². The lowest BCUT2D eigenvalue weighted by molar-refractivity contribution is -0.137. The Bertz CT molecular complexity index is 483. The molecule has 1 amide bonds. The summed E-state index contributed by atoms with van der Waals surface area (Å²) in [4.78, 5) is 14.1. The Hall–Kier alpha value is -0.740. The van der Waals surface area contributed by atoms with E-state index in [1.54, 1.807) is 4.90 Å². The van der Waals surface area contributed by atoms with Crippen molar-refractivity contribution in [3.8, 4) is 0 Å². The van der Waals surface area contributed by atoms with Gasteiger partial charge < -0.3 is 19.7 Å². The number of carbonyl (C=O) groups is 1. The Morgan fingerprint density at radius 3 is 2.57 bits per heavy atom. The van der Waals surface area contributed by atoms with Gasteiger partial charge in [0.25, 0.3) is 0 Å². The number of nitrogens with one attached hydrogen (secondary N) is 1. The van der Waals surface area contributed by atoms with E-state index in [9.17, 15) is 13.2 Å². The Balaban J connectivity index is 1.79. The number of sulfonamides is 1. The van der Waals surface area contributed by atoms with Crippen LogP contribution in [0.4, 0.5) is 0 Å². The number of amides is 1. The fraction of sp³-hybridized carbons (Fsp3) is 0.929. The number of rotatable bonds is 6. The first-order chi connectivity index (χ1) is 10.9. The zero-order valence-electron chi connectivity index (χ0n) is 13.9. The molecule has 2 heterocycles. The summed E-state index contributed by atoms with van der Waals surface area (Å²) in [6.07, 6.45) is 0.0184. The molecule has 2 fully saturated rings. The minimum absolute atomic E-state index is 0.00936. The van der Waals surface area contributed by atoms with Crippen LogP contribution in [0.25, 0.3) is 0 Å². The highest BCUT2D eigenvalue weighted by Gasteiger charge is 2.32. The Morgan fingerprint density at radius 2 is 2.00 bits per heavy atom. The molecule has 2 aliphatic rings. The quantitative estimate of drug-likeness (QED) is 0.653. The van der Waals surface area contributed by atoms with Crippen molar-refractivity contribution in [1.82, 2.24) is 14.5 Å². The normalized spacial score (nSPS) is 24.1. The van der Waals surface area contributed by atoms with E-state index >= 15 is 0 Å². The standard InChI is InChI=1S/C14H27N3O5S/c1-12(2)22-9-10-23(19,20)17-6-4-16(5-7-17)14(18)13-11-21-8-3-15-13/h12-13,15H,3-11H2,1-2H3. The van der Waals surface area contributed by atoms with Crippen LogP contribution in [0.15, 0.2) is 0 Å². The lowest BCUT2D eigenvalue weighted by Crippen LogP contribution is -2.58. The Labute approximate surface area is 138 Å². The summed E-state index contributed by atoms with van der Waals surface area (Å²) in [5, 5.41) is 3.13. The summed E-state index contributed by atoms with van der Waals surface area (Å²) < 4.78 is 36.6. The van der Waals surface area contributed by atoms with Crippen LogP contribution < -0.4 is 5.32 Å². The van der Waals surface area contributed by atoms with Gasteiger partial charge in [0.05, 0.1) is 31.7 Å². The molecule has 0 saturated carbocycles. The van der Waals surface area contributed by atoms with Gasteiger partial charge in [0.15, 0.2) is 0 Å². The zero-order chi connectivity index (χ0) is 16.9. The molecule has 0 radical (unpaired) electrons. The summed E-state index contributed by atoms with van der Waals surface area (Å²) in [6.45, 7) is 7.12. The molecule has 1 unspecified atom stereocenters. The van der Waals surface area contributed by atoms with Crippen LogP contribution in [0.5, 0.6) is 0 Å². The number of carbonyl (C=O) groups excluding carboxylic acids is 1. The predicted molar refractivity (Wildman–Crippen MR) is 85.6 cm³/mol. The van der Waals surface area contributed by atoms with E-state index in [1.807, 2.05) is 13.8 Å². The molecule has 0 aromatic carbocycles. The van der Waals surface area contributed by atoms with E-state index in [2.05, 4.69) is 5.32 Å². The van der Waals surface area contributed by atoms with Crippen LogP contribution in [-0.4, -0.2) is 94.0 Å². The fourth-order valence-corrected chi connectivity index (χ4v) is 3.93. The van der Waals surface area contributed by atoms with E-state index < -0.39 is 10.0 Å². The van der Waals surface area contributed by atoms with E-state index in [1.165, 1.54) is 4.31 Å². The molecule has 2 aliphatic heterocycles. The number of piperazine rings is 1. The predicted octanol–water partition coefficient (Wildman–Crippen LogP) is -1.13. The monoisotopic (exact) mass is 349 g/mol. The Kier molecular flexibility index (Phi) is 6.78. The second-order valence-electron chi connectivity index (χ2n) is 6.04. The van der Waals surface area contributed by atoms with Gasteiger partial charge in [-0.05, 0) is 13.8 Å². The average Bonchev–Trinajstić information content (AvgIpc) is 2.54. The van der Waals surface area contributed by atoms with Crippen LogP contribution >= 0.6 is 0 Å². The van der Waals surface area contributed by atoms with Crippen molar-refractivity contribution in [2.45, 2.75) is 26.0 Å². The van der Waals surface area contributed by atoms with E-state index in [-0.39, 0.29) is 30.4 Å². The van der Waals surface area contributed by atoms with Crippen LogP contribution in [0.1, 0.15) is 13.8 Å². The molecule has 1 atom stereocenters. The second-order valence-corrected chi connectivity index (χ2v) is 8.13. The third-order valence-corrected chi connectivity index (χ3v) is 5.79. The summed E-state index contributed by atoms with van der Waals surface area (Å²) >= 11 is 0. The molecule has 8 nitrogen and oxygen atoms in total. The molecular formula is C14H27N3O5S. The van der Waals surface area contributed by atoms with Gasteiger partial charge in [-0.25, -0.2) is 8.42 Å². The Morgan fingerprint density at radius 1 is 1.30 bits per heavy atom. The first kappa shape index (κ1) is 18.6. The van der Waals surface area contributed by atoms with Crippen molar-refractivity contribution in [1.29, 1.82) is 0 Å². The third-order valence-electron chi connectivity index (χ3n) is 3.96.